The van der Waals surface area contributed by atoms with Crippen molar-refractivity contribution < 1.29 is 28.5 Å². The number of aliphatic hydroxyl groups excluding tert-OH is 1. The molecule has 0 radical (unpaired) electrons. The van der Waals surface area contributed by atoms with Gasteiger partial charge in [-0.15, -0.1) is 0 Å². The predicted octanol–water partition coefficient (Wildman–Crippen LogP) is 3.81. The molecule has 4 atom stereocenters. The van der Waals surface area contributed by atoms with Gasteiger partial charge in [-0.1, -0.05) is 48.2 Å². The van der Waals surface area contributed by atoms with Crippen LogP contribution < -0.4 is 5.32 Å². The number of halogens is 2. The van der Waals surface area contributed by atoms with Crippen molar-refractivity contribution in [1.29, 1.82) is 0 Å². The quantitative estimate of drug-likeness (QED) is 0.640. The first-order valence-electron chi connectivity index (χ1n) is 10.4. The number of amidine groups is 1. The van der Waals surface area contributed by atoms with Crippen molar-refractivity contribution in [3.63, 3.8) is 0 Å². The molecule has 0 spiro atoms. The summed E-state index contributed by atoms with van der Waals surface area (Å²) in [6.45, 7) is -0.127. The topological polar surface area (TPSA) is 91.2 Å². The fourth-order valence-electron chi connectivity index (χ4n) is 4.37. The van der Waals surface area contributed by atoms with E-state index < -0.39 is 35.5 Å². The monoisotopic (exact) mass is 462 g/mol. The lowest BCUT2D eigenvalue weighted by Gasteiger charge is -2.48. The van der Waals surface area contributed by atoms with Gasteiger partial charge >= 0.3 is 5.97 Å². The molecule has 9 heteroatoms. The van der Waals surface area contributed by atoms with Crippen LogP contribution in [0.3, 0.4) is 0 Å². The number of hydrogen-bond acceptors (Lipinski definition) is 5. The number of nitrogens with one attached hydrogen (secondary N) is 1. The van der Waals surface area contributed by atoms with Crippen molar-refractivity contribution >= 4 is 22.9 Å². The van der Waals surface area contributed by atoms with Crippen LogP contribution in [0.1, 0.15) is 36.6 Å². The summed E-state index contributed by atoms with van der Waals surface area (Å²) in [5.41, 5.74) is -0.349. The summed E-state index contributed by atoms with van der Waals surface area (Å²) >= 11 is 1.40. The summed E-state index contributed by atoms with van der Waals surface area (Å²) in [4.78, 5) is 16.0. The molecule has 2 aliphatic heterocycles. The Hall–Kier alpha value is -2.49. The van der Waals surface area contributed by atoms with E-state index in [4.69, 9.17) is 4.74 Å². The summed E-state index contributed by atoms with van der Waals surface area (Å²) < 4.78 is 34.3. The Morgan fingerprint density at radius 1 is 1.25 bits per heavy atom. The molecule has 0 saturated carbocycles. The maximum atomic E-state index is 15.0. The van der Waals surface area contributed by atoms with Crippen LogP contribution in [0, 0.1) is 17.6 Å². The number of aliphatic imine (C=N–C) groups is 1. The minimum atomic E-state index is -1.15. The van der Waals surface area contributed by atoms with Gasteiger partial charge in [0.05, 0.1) is 12.1 Å². The van der Waals surface area contributed by atoms with Crippen LogP contribution in [0.4, 0.5) is 8.78 Å². The van der Waals surface area contributed by atoms with E-state index >= 15 is 0 Å². The molecule has 2 aliphatic rings. The molecule has 2 heterocycles. The van der Waals surface area contributed by atoms with Crippen molar-refractivity contribution in [2.75, 3.05) is 12.4 Å². The molecule has 2 saturated heterocycles. The van der Waals surface area contributed by atoms with Gasteiger partial charge in [-0.2, -0.15) is 0 Å². The van der Waals surface area contributed by atoms with Crippen LogP contribution in [-0.2, 0) is 15.1 Å². The number of aliphatic hydroxyl groups is 1. The zero-order valence-electron chi connectivity index (χ0n) is 17.2. The number of ether oxygens (including phenoxy) is 1. The predicted molar refractivity (Wildman–Crippen MR) is 117 cm³/mol. The molecule has 2 aromatic carbocycles. The van der Waals surface area contributed by atoms with Crippen molar-refractivity contribution in [2.24, 2.45) is 10.9 Å². The fourth-order valence-corrected chi connectivity index (χ4v) is 5.31. The molecule has 0 amide bonds. The van der Waals surface area contributed by atoms with Crippen molar-refractivity contribution in [1.82, 2.24) is 5.32 Å². The number of carbonyl (C=O) groups is 1. The summed E-state index contributed by atoms with van der Waals surface area (Å²) in [6, 6.07) is 12.3. The second-order valence-corrected chi connectivity index (χ2v) is 9.08. The van der Waals surface area contributed by atoms with Crippen LogP contribution in [0.25, 0.3) is 0 Å². The average molecular weight is 463 g/mol. The Labute approximate surface area is 188 Å². The van der Waals surface area contributed by atoms with E-state index in [1.54, 1.807) is 24.3 Å². The molecular weight excluding hydrogens is 438 g/mol. The Morgan fingerprint density at radius 2 is 2.03 bits per heavy atom. The van der Waals surface area contributed by atoms with Gasteiger partial charge in [-0.25, -0.2) is 18.6 Å². The van der Waals surface area contributed by atoms with E-state index in [1.807, 2.05) is 6.07 Å². The molecule has 0 bridgehead atoms. The number of carboxylic acid groups (broad SMARTS) is 1. The highest BCUT2D eigenvalue weighted by atomic mass is 32.2. The SMILES string of the molecule is O=C(O)[C@H]1C[C@@H]2CCCSC(=NC(O)c3ccccc3)N[C@@]2(c2ccc(F)cc2F)CO1. The number of aliphatic carboxylic acids is 1. The van der Waals surface area contributed by atoms with E-state index in [0.29, 0.717) is 22.9 Å². The number of fused-ring (bicyclic) bond motifs is 1. The molecule has 32 heavy (non-hydrogen) atoms. The highest BCUT2D eigenvalue weighted by Gasteiger charge is 2.49. The zero-order chi connectivity index (χ0) is 22.7. The first kappa shape index (κ1) is 22.7. The van der Waals surface area contributed by atoms with Gasteiger partial charge in [0.2, 0.25) is 0 Å². The zero-order valence-corrected chi connectivity index (χ0v) is 18.0. The van der Waals surface area contributed by atoms with E-state index in [0.717, 1.165) is 12.5 Å². The number of carboxylic acids is 1. The smallest absolute Gasteiger partial charge is 0.332 e. The van der Waals surface area contributed by atoms with Gasteiger partial charge in [0, 0.05) is 22.9 Å². The number of hydrogen-bond donors (Lipinski definition) is 3. The summed E-state index contributed by atoms with van der Waals surface area (Å²) in [7, 11) is 0. The Kier molecular flexibility index (Phi) is 6.78. The van der Waals surface area contributed by atoms with E-state index in [1.165, 1.54) is 23.9 Å². The molecule has 4 rings (SSSR count). The first-order valence-corrected chi connectivity index (χ1v) is 11.4. The standard InChI is InChI=1S/C23H24F2N2O4S/c24-16-8-9-17(18(25)12-16)23-13-31-19(21(29)30)11-15(23)7-4-10-32-22(27-23)26-20(28)14-5-2-1-3-6-14/h1-3,5-6,8-9,12,15,19-20,28H,4,7,10-11,13H2,(H,26,27)(H,29,30)/t15-,19+,20?,23-/m0/s1. The molecule has 3 N–H and O–H groups in total. The maximum absolute atomic E-state index is 15.0. The molecular formula is C23H24F2N2O4S. The van der Waals surface area contributed by atoms with Crippen molar-refractivity contribution in [2.45, 2.75) is 37.1 Å². The van der Waals surface area contributed by atoms with E-state index in [2.05, 4.69) is 10.3 Å². The van der Waals surface area contributed by atoms with Crippen molar-refractivity contribution in [3.8, 4) is 0 Å². The number of thioether (sulfide) groups is 1. The van der Waals surface area contributed by atoms with Crippen molar-refractivity contribution in [3.05, 3.63) is 71.3 Å². The minimum Gasteiger partial charge on any atom is -0.479 e. The molecule has 170 valence electrons. The molecule has 0 aromatic heterocycles. The highest BCUT2D eigenvalue weighted by Crippen LogP contribution is 2.43. The third kappa shape index (κ3) is 4.65. The molecule has 6 nitrogen and oxygen atoms in total. The summed E-state index contributed by atoms with van der Waals surface area (Å²) in [5, 5.41) is 23.8. The Morgan fingerprint density at radius 3 is 2.75 bits per heavy atom. The van der Waals surface area contributed by atoms with Crippen LogP contribution in [0.5, 0.6) is 0 Å². The highest BCUT2D eigenvalue weighted by molar-refractivity contribution is 8.13. The van der Waals surface area contributed by atoms with Gasteiger partial charge in [0.25, 0.3) is 0 Å². The Bertz CT molecular complexity index is 1010. The maximum Gasteiger partial charge on any atom is 0.332 e. The first-order chi connectivity index (χ1) is 15.4. The van der Waals surface area contributed by atoms with Gasteiger partial charge in [-0.05, 0) is 31.2 Å². The molecule has 0 aliphatic carbocycles. The third-order valence-electron chi connectivity index (χ3n) is 6.00. The number of rotatable bonds is 4. The summed E-state index contributed by atoms with van der Waals surface area (Å²) in [6.07, 6.45) is -0.568. The molecule has 2 aromatic rings. The number of nitrogens with zero attached hydrogens (tertiary/aromatic N) is 1. The van der Waals surface area contributed by atoms with Gasteiger partial charge < -0.3 is 20.3 Å². The third-order valence-corrected chi connectivity index (χ3v) is 6.97. The normalized spacial score (nSPS) is 28.2. The van der Waals surface area contributed by atoms with Crippen LogP contribution in [0.15, 0.2) is 53.5 Å². The largest absolute Gasteiger partial charge is 0.479 e. The van der Waals surface area contributed by atoms with E-state index in [9.17, 15) is 23.8 Å². The second-order valence-electron chi connectivity index (χ2n) is 8.00. The lowest BCUT2D eigenvalue weighted by Crippen LogP contribution is -2.59. The fraction of sp³-hybridized carbons (Fsp3) is 0.391. The van der Waals surface area contributed by atoms with Gasteiger partial charge in [-0.3, -0.25) is 0 Å². The average Bonchev–Trinajstić information content (AvgIpc) is 2.76. The van der Waals surface area contributed by atoms with Crippen LogP contribution in [0.2, 0.25) is 0 Å². The van der Waals surface area contributed by atoms with Gasteiger partial charge in [0.1, 0.15) is 11.6 Å². The number of benzene rings is 2. The molecule has 2 fully saturated rings. The minimum absolute atomic E-state index is 0.127. The molecule has 1 unspecified atom stereocenters. The van der Waals surface area contributed by atoms with Crippen LogP contribution >= 0.6 is 11.8 Å². The lowest BCUT2D eigenvalue weighted by molar-refractivity contribution is -0.161. The Balaban J connectivity index is 1.75. The summed E-state index contributed by atoms with van der Waals surface area (Å²) in [5.74, 6) is -2.11. The van der Waals surface area contributed by atoms with Crippen LogP contribution in [-0.4, -0.2) is 39.8 Å². The second kappa shape index (κ2) is 9.56. The van der Waals surface area contributed by atoms with Gasteiger partial charge in [0.15, 0.2) is 17.5 Å². The lowest BCUT2D eigenvalue weighted by atomic mass is 9.71. The van der Waals surface area contributed by atoms with E-state index in [-0.39, 0.29) is 24.5 Å².